The molecule has 3 heterocycles. The standard InChI is InChI=1S/C14H14N4OS2/c1-17-8(5-6-15-17)7-18-13(19)11-9-3-2-4-10(9)21-12(11)16-14(18)20/h5-6H,2-4,7H2,1H3,(H,16,20). The highest BCUT2D eigenvalue weighted by molar-refractivity contribution is 7.71. The van der Waals surface area contributed by atoms with Gasteiger partial charge in [-0.3, -0.25) is 14.0 Å². The van der Waals surface area contributed by atoms with Gasteiger partial charge in [0.2, 0.25) is 0 Å². The van der Waals surface area contributed by atoms with Crippen molar-refractivity contribution in [3.8, 4) is 0 Å². The molecule has 7 heteroatoms. The summed E-state index contributed by atoms with van der Waals surface area (Å²) in [4.78, 5) is 18.4. The van der Waals surface area contributed by atoms with Gasteiger partial charge < -0.3 is 4.98 Å². The Hall–Kier alpha value is -1.73. The van der Waals surface area contributed by atoms with E-state index in [1.54, 1.807) is 26.8 Å². The van der Waals surface area contributed by atoms with Crippen LogP contribution in [0.15, 0.2) is 17.1 Å². The molecule has 5 nitrogen and oxygen atoms in total. The highest BCUT2D eigenvalue weighted by Crippen LogP contribution is 2.34. The minimum Gasteiger partial charge on any atom is -0.323 e. The topological polar surface area (TPSA) is 55.6 Å². The summed E-state index contributed by atoms with van der Waals surface area (Å²) >= 11 is 7.06. The molecule has 0 spiro atoms. The Bertz CT molecular complexity index is 960. The predicted octanol–water partition coefficient (Wildman–Crippen LogP) is 2.39. The maximum absolute atomic E-state index is 12.9. The van der Waals surface area contributed by atoms with Gasteiger partial charge in [0, 0.05) is 18.1 Å². The van der Waals surface area contributed by atoms with Crippen LogP contribution in [0.1, 0.15) is 22.6 Å². The summed E-state index contributed by atoms with van der Waals surface area (Å²) in [7, 11) is 1.87. The second kappa shape index (κ2) is 4.64. The van der Waals surface area contributed by atoms with Crippen molar-refractivity contribution >= 4 is 33.8 Å². The SMILES string of the molecule is Cn1nccc1Cn1c(=S)[nH]c2sc3c(c2c1=O)CCC3. The van der Waals surface area contributed by atoms with Gasteiger partial charge in [0.25, 0.3) is 5.56 Å². The van der Waals surface area contributed by atoms with E-state index in [1.165, 1.54) is 10.4 Å². The van der Waals surface area contributed by atoms with E-state index in [9.17, 15) is 4.79 Å². The number of H-pyrrole nitrogens is 1. The van der Waals surface area contributed by atoms with Gasteiger partial charge in [0.1, 0.15) is 4.83 Å². The first kappa shape index (κ1) is 13.0. The molecule has 0 atom stereocenters. The number of aromatic nitrogens is 4. The van der Waals surface area contributed by atoms with Gasteiger partial charge in [0.05, 0.1) is 17.6 Å². The van der Waals surface area contributed by atoms with E-state index in [2.05, 4.69) is 10.1 Å². The van der Waals surface area contributed by atoms with E-state index in [0.29, 0.717) is 11.3 Å². The number of fused-ring (bicyclic) bond motifs is 3. The molecule has 1 aliphatic rings. The molecule has 0 saturated heterocycles. The van der Waals surface area contributed by atoms with Crippen LogP contribution in [0.3, 0.4) is 0 Å². The molecule has 3 aromatic rings. The largest absolute Gasteiger partial charge is 0.323 e. The first-order valence-electron chi connectivity index (χ1n) is 6.89. The van der Waals surface area contributed by atoms with E-state index in [4.69, 9.17) is 12.2 Å². The lowest BCUT2D eigenvalue weighted by atomic mass is 10.2. The number of hydrogen-bond donors (Lipinski definition) is 1. The zero-order chi connectivity index (χ0) is 14.6. The third kappa shape index (κ3) is 1.91. The van der Waals surface area contributed by atoms with Crippen molar-refractivity contribution < 1.29 is 0 Å². The number of nitrogens with one attached hydrogen (secondary N) is 1. The lowest BCUT2D eigenvalue weighted by Gasteiger charge is -2.07. The summed E-state index contributed by atoms with van der Waals surface area (Å²) in [6.45, 7) is 0.450. The fourth-order valence-electron chi connectivity index (χ4n) is 2.97. The molecule has 0 unspecified atom stereocenters. The van der Waals surface area contributed by atoms with Crippen molar-refractivity contribution in [1.29, 1.82) is 0 Å². The summed E-state index contributed by atoms with van der Waals surface area (Å²) in [5.74, 6) is 0. The van der Waals surface area contributed by atoms with Crippen LogP contribution in [0.25, 0.3) is 10.2 Å². The molecule has 0 aliphatic heterocycles. The van der Waals surface area contributed by atoms with Crippen molar-refractivity contribution in [3.63, 3.8) is 0 Å². The molecule has 1 aliphatic carbocycles. The number of hydrogen-bond acceptors (Lipinski definition) is 4. The summed E-state index contributed by atoms with van der Waals surface area (Å²) in [6.07, 6.45) is 4.96. The number of rotatable bonds is 2. The third-order valence-electron chi connectivity index (χ3n) is 4.09. The second-order valence-corrected chi connectivity index (χ2v) is 6.82. The zero-order valence-electron chi connectivity index (χ0n) is 11.5. The first-order chi connectivity index (χ1) is 10.1. The van der Waals surface area contributed by atoms with Gasteiger partial charge in [-0.15, -0.1) is 11.3 Å². The van der Waals surface area contributed by atoms with E-state index in [0.717, 1.165) is 35.2 Å². The van der Waals surface area contributed by atoms with Crippen molar-refractivity contribution in [1.82, 2.24) is 19.3 Å². The van der Waals surface area contributed by atoms with Crippen LogP contribution in [-0.2, 0) is 26.4 Å². The predicted molar refractivity (Wildman–Crippen MR) is 85.6 cm³/mol. The number of aryl methyl sites for hydroxylation is 3. The van der Waals surface area contributed by atoms with Gasteiger partial charge in [0.15, 0.2) is 4.77 Å². The number of aromatic amines is 1. The molecule has 0 aromatic carbocycles. The molecule has 0 bridgehead atoms. The minimum atomic E-state index is 0.0225. The normalized spacial score (nSPS) is 14.0. The summed E-state index contributed by atoms with van der Waals surface area (Å²) < 4.78 is 3.89. The Morgan fingerprint density at radius 3 is 3.10 bits per heavy atom. The molecule has 4 rings (SSSR count). The van der Waals surface area contributed by atoms with Crippen LogP contribution in [0.5, 0.6) is 0 Å². The quantitative estimate of drug-likeness (QED) is 0.738. The van der Waals surface area contributed by atoms with Crippen molar-refractivity contribution in [3.05, 3.63) is 43.5 Å². The van der Waals surface area contributed by atoms with Crippen LogP contribution in [-0.4, -0.2) is 19.3 Å². The molecule has 0 amide bonds. The van der Waals surface area contributed by atoms with Gasteiger partial charge in [-0.1, -0.05) is 0 Å². The molecule has 21 heavy (non-hydrogen) atoms. The van der Waals surface area contributed by atoms with Crippen LogP contribution in [0.2, 0.25) is 0 Å². The Morgan fingerprint density at radius 2 is 2.33 bits per heavy atom. The van der Waals surface area contributed by atoms with E-state index < -0.39 is 0 Å². The van der Waals surface area contributed by atoms with Crippen LogP contribution < -0.4 is 5.56 Å². The highest BCUT2D eigenvalue weighted by atomic mass is 32.1. The van der Waals surface area contributed by atoms with Crippen LogP contribution >= 0.6 is 23.6 Å². The Balaban J connectivity index is 1.95. The van der Waals surface area contributed by atoms with Gasteiger partial charge in [-0.2, -0.15) is 5.10 Å². The van der Waals surface area contributed by atoms with Gasteiger partial charge in [-0.25, -0.2) is 0 Å². The van der Waals surface area contributed by atoms with E-state index >= 15 is 0 Å². The maximum Gasteiger partial charge on any atom is 0.263 e. The smallest absolute Gasteiger partial charge is 0.263 e. The molecule has 1 N–H and O–H groups in total. The monoisotopic (exact) mass is 318 g/mol. The van der Waals surface area contributed by atoms with Crippen LogP contribution in [0, 0.1) is 4.77 Å². The fourth-order valence-corrected chi connectivity index (χ4v) is 4.57. The molecule has 108 valence electrons. The molecule has 0 radical (unpaired) electrons. The maximum atomic E-state index is 12.9. The number of nitrogens with zero attached hydrogens (tertiary/aromatic N) is 3. The molecule has 3 aromatic heterocycles. The average molecular weight is 318 g/mol. The molecule has 0 saturated carbocycles. The second-order valence-electron chi connectivity index (χ2n) is 5.33. The molecule has 0 fully saturated rings. The van der Waals surface area contributed by atoms with Crippen LogP contribution in [0.4, 0.5) is 0 Å². The lowest BCUT2D eigenvalue weighted by molar-refractivity contribution is 0.644. The summed E-state index contributed by atoms with van der Waals surface area (Å²) in [6, 6.07) is 1.91. The van der Waals surface area contributed by atoms with E-state index in [1.807, 2.05) is 13.1 Å². The van der Waals surface area contributed by atoms with Crippen molar-refractivity contribution in [2.45, 2.75) is 25.8 Å². The fraction of sp³-hybridized carbons (Fsp3) is 0.357. The minimum absolute atomic E-state index is 0.0225. The Labute approximate surface area is 129 Å². The highest BCUT2D eigenvalue weighted by Gasteiger charge is 2.21. The van der Waals surface area contributed by atoms with Crippen molar-refractivity contribution in [2.75, 3.05) is 0 Å². The Kier molecular flexibility index (Phi) is 2.87. The average Bonchev–Trinajstić information content (AvgIpc) is 3.10. The zero-order valence-corrected chi connectivity index (χ0v) is 13.2. The van der Waals surface area contributed by atoms with Gasteiger partial charge >= 0.3 is 0 Å². The van der Waals surface area contributed by atoms with Crippen molar-refractivity contribution in [2.24, 2.45) is 7.05 Å². The molecular formula is C14H14N4OS2. The molecular weight excluding hydrogens is 304 g/mol. The Morgan fingerprint density at radius 1 is 1.48 bits per heavy atom. The summed E-state index contributed by atoms with van der Waals surface area (Å²) in [5.41, 5.74) is 2.21. The van der Waals surface area contributed by atoms with Gasteiger partial charge in [-0.05, 0) is 43.1 Å². The summed E-state index contributed by atoms with van der Waals surface area (Å²) in [5, 5.41) is 4.98. The third-order valence-corrected chi connectivity index (χ3v) is 5.62. The lowest BCUT2D eigenvalue weighted by Crippen LogP contribution is -2.23. The first-order valence-corrected chi connectivity index (χ1v) is 8.12. The van der Waals surface area contributed by atoms with E-state index in [-0.39, 0.29) is 5.56 Å². The number of thiophene rings is 1.